The number of furan rings is 1. The van der Waals surface area contributed by atoms with Crippen LogP contribution >= 0.6 is 11.8 Å². The van der Waals surface area contributed by atoms with Crippen molar-refractivity contribution in [2.24, 2.45) is 14.1 Å². The van der Waals surface area contributed by atoms with Crippen molar-refractivity contribution in [1.82, 2.24) is 19.1 Å². The Morgan fingerprint density at radius 3 is 2.56 bits per heavy atom. The highest BCUT2D eigenvalue weighted by Crippen LogP contribution is 2.31. The van der Waals surface area contributed by atoms with E-state index in [1.807, 2.05) is 0 Å². The summed E-state index contributed by atoms with van der Waals surface area (Å²) < 4.78 is 46.1. The number of rotatable bonds is 5. The molecule has 0 saturated heterocycles. The van der Waals surface area contributed by atoms with Crippen molar-refractivity contribution < 1.29 is 22.4 Å². The van der Waals surface area contributed by atoms with E-state index in [4.69, 9.17) is 4.42 Å². The molecule has 1 amide bonds. The Morgan fingerprint density at radius 1 is 1.12 bits per heavy atom. The zero-order chi connectivity index (χ0) is 24.6. The molecule has 0 aliphatic rings. The maximum Gasteiger partial charge on any atom is 0.416 e. The molecule has 3 aromatic heterocycles. The van der Waals surface area contributed by atoms with Gasteiger partial charge in [0, 0.05) is 19.8 Å². The van der Waals surface area contributed by atoms with E-state index in [0.717, 1.165) is 28.5 Å². The van der Waals surface area contributed by atoms with Gasteiger partial charge in [0.2, 0.25) is 5.91 Å². The van der Waals surface area contributed by atoms with Gasteiger partial charge in [0.05, 0.1) is 17.6 Å². The predicted molar refractivity (Wildman–Crippen MR) is 119 cm³/mol. The number of carbonyl (C=O) groups excluding carboxylic acids is 1. The van der Waals surface area contributed by atoms with E-state index in [9.17, 15) is 27.6 Å². The average molecular weight is 491 g/mol. The Morgan fingerprint density at radius 2 is 1.88 bits per heavy atom. The van der Waals surface area contributed by atoms with Crippen molar-refractivity contribution >= 4 is 34.4 Å². The normalized spacial score (nSPS) is 11.7. The molecule has 34 heavy (non-hydrogen) atoms. The number of thioether (sulfide) groups is 1. The molecule has 0 spiro atoms. The lowest BCUT2D eigenvalue weighted by atomic mass is 10.2. The molecule has 0 atom stereocenters. The third-order valence-electron chi connectivity index (χ3n) is 4.82. The van der Waals surface area contributed by atoms with Crippen LogP contribution in [-0.4, -0.2) is 30.8 Å². The number of hydrogen-bond acceptors (Lipinski definition) is 7. The zero-order valence-corrected chi connectivity index (χ0v) is 18.5. The molecule has 0 unspecified atom stereocenters. The molecule has 0 fully saturated rings. The number of aryl methyl sites for hydroxylation is 1. The van der Waals surface area contributed by atoms with Gasteiger partial charge in [-0.25, -0.2) is 14.8 Å². The van der Waals surface area contributed by atoms with Crippen LogP contribution in [0.4, 0.5) is 18.9 Å². The Balaban J connectivity index is 1.68. The van der Waals surface area contributed by atoms with E-state index >= 15 is 0 Å². The van der Waals surface area contributed by atoms with E-state index < -0.39 is 28.9 Å². The van der Waals surface area contributed by atoms with Crippen molar-refractivity contribution in [2.45, 2.75) is 11.2 Å². The number of benzene rings is 1. The maximum absolute atomic E-state index is 12.9. The minimum atomic E-state index is -4.55. The lowest BCUT2D eigenvalue weighted by Gasteiger charge is -2.12. The summed E-state index contributed by atoms with van der Waals surface area (Å²) in [5.74, 6) is -0.504. The third-order valence-corrected chi connectivity index (χ3v) is 5.80. The van der Waals surface area contributed by atoms with Crippen LogP contribution in [0.25, 0.3) is 22.6 Å². The lowest BCUT2D eigenvalue weighted by molar-refractivity contribution is -0.137. The standard InChI is InChI=1S/C21H16F3N5O4S/c1-28-17-15(19(31)29(2)20(28)32)18(27-16(26-17)13-7-4-8-33-13)34-10-14(30)25-12-6-3-5-11(9-12)21(22,23)24/h3-9H,10H2,1-2H3,(H,25,30). The largest absolute Gasteiger partial charge is 0.461 e. The summed E-state index contributed by atoms with van der Waals surface area (Å²) in [5, 5.41) is 2.54. The molecule has 1 N–H and O–H groups in total. The first-order valence-corrected chi connectivity index (χ1v) is 10.7. The smallest absolute Gasteiger partial charge is 0.416 e. The van der Waals surface area contributed by atoms with Crippen LogP contribution in [0.3, 0.4) is 0 Å². The van der Waals surface area contributed by atoms with Crippen LogP contribution in [0.15, 0.2) is 61.7 Å². The molecular formula is C21H16F3N5O4S. The lowest BCUT2D eigenvalue weighted by Crippen LogP contribution is -2.37. The molecule has 4 rings (SSSR count). The van der Waals surface area contributed by atoms with E-state index in [0.29, 0.717) is 0 Å². The van der Waals surface area contributed by atoms with Gasteiger partial charge in [-0.05, 0) is 30.3 Å². The number of aromatic nitrogens is 4. The predicted octanol–water partition coefficient (Wildman–Crippen LogP) is 3.04. The molecule has 0 aliphatic carbocycles. The summed E-state index contributed by atoms with van der Waals surface area (Å²) >= 11 is 0.880. The molecule has 9 nitrogen and oxygen atoms in total. The Hall–Kier alpha value is -3.87. The van der Waals surface area contributed by atoms with Gasteiger partial charge < -0.3 is 9.73 Å². The van der Waals surface area contributed by atoms with Crippen molar-refractivity contribution in [3.8, 4) is 11.6 Å². The van der Waals surface area contributed by atoms with Crippen molar-refractivity contribution in [2.75, 3.05) is 11.1 Å². The van der Waals surface area contributed by atoms with Crippen LogP contribution in [0, 0.1) is 0 Å². The number of anilines is 1. The van der Waals surface area contributed by atoms with Gasteiger partial charge in [-0.3, -0.25) is 18.7 Å². The first-order valence-electron chi connectivity index (χ1n) is 9.68. The number of fused-ring (bicyclic) bond motifs is 1. The first kappa shape index (κ1) is 23.3. The molecule has 0 radical (unpaired) electrons. The van der Waals surface area contributed by atoms with E-state index in [2.05, 4.69) is 15.3 Å². The Labute approximate surface area is 193 Å². The van der Waals surface area contributed by atoms with Crippen LogP contribution in [-0.2, 0) is 25.1 Å². The van der Waals surface area contributed by atoms with E-state index in [1.165, 1.54) is 37.1 Å². The summed E-state index contributed by atoms with van der Waals surface area (Å²) in [7, 11) is 2.75. The van der Waals surface area contributed by atoms with Gasteiger partial charge in [0.1, 0.15) is 10.4 Å². The van der Waals surface area contributed by atoms with Crippen LogP contribution in [0.5, 0.6) is 0 Å². The fourth-order valence-corrected chi connectivity index (χ4v) is 3.97. The topological polar surface area (TPSA) is 112 Å². The number of carbonyl (C=O) groups is 1. The van der Waals surface area contributed by atoms with Crippen LogP contribution in [0.2, 0.25) is 0 Å². The molecule has 0 aliphatic heterocycles. The highest BCUT2D eigenvalue weighted by Gasteiger charge is 2.30. The number of nitrogens with one attached hydrogen (secondary N) is 1. The van der Waals surface area contributed by atoms with Crippen LogP contribution in [0.1, 0.15) is 5.56 Å². The van der Waals surface area contributed by atoms with Crippen molar-refractivity contribution in [3.05, 3.63) is 69.1 Å². The summed E-state index contributed by atoms with van der Waals surface area (Å²) in [4.78, 5) is 46.3. The van der Waals surface area contributed by atoms with Crippen molar-refractivity contribution in [1.29, 1.82) is 0 Å². The second-order valence-electron chi connectivity index (χ2n) is 7.15. The number of hydrogen-bond donors (Lipinski definition) is 1. The Bertz CT molecular complexity index is 1510. The van der Waals surface area contributed by atoms with E-state index in [1.54, 1.807) is 12.1 Å². The maximum atomic E-state index is 12.9. The molecule has 4 aromatic rings. The molecule has 1 aromatic carbocycles. The third kappa shape index (κ3) is 4.46. The minimum absolute atomic E-state index is 0.0248. The SMILES string of the molecule is Cn1c(=O)c2c(SCC(=O)Nc3cccc(C(F)(F)F)c3)nc(-c3ccco3)nc2n(C)c1=O. The van der Waals surface area contributed by atoms with Gasteiger partial charge in [0.15, 0.2) is 17.2 Å². The van der Waals surface area contributed by atoms with Gasteiger partial charge in [-0.15, -0.1) is 0 Å². The molecular weight excluding hydrogens is 475 g/mol. The number of alkyl halides is 3. The van der Waals surface area contributed by atoms with Gasteiger partial charge in [0.25, 0.3) is 5.56 Å². The number of amides is 1. The molecule has 13 heteroatoms. The van der Waals surface area contributed by atoms with Crippen LogP contribution < -0.4 is 16.6 Å². The van der Waals surface area contributed by atoms with Crippen molar-refractivity contribution in [3.63, 3.8) is 0 Å². The molecule has 176 valence electrons. The fourth-order valence-electron chi connectivity index (χ4n) is 3.15. The fraction of sp³-hybridized carbons (Fsp3) is 0.190. The van der Waals surface area contributed by atoms with Gasteiger partial charge >= 0.3 is 11.9 Å². The highest BCUT2D eigenvalue weighted by atomic mass is 32.2. The minimum Gasteiger partial charge on any atom is -0.461 e. The van der Waals surface area contributed by atoms with Gasteiger partial charge in [-0.2, -0.15) is 13.2 Å². The molecule has 0 saturated carbocycles. The second kappa shape index (κ2) is 8.82. The summed E-state index contributed by atoms with van der Waals surface area (Å²) in [5.41, 5.74) is -2.12. The second-order valence-corrected chi connectivity index (χ2v) is 8.11. The van der Waals surface area contributed by atoms with Gasteiger partial charge in [-0.1, -0.05) is 17.8 Å². The first-order chi connectivity index (χ1) is 16.1. The highest BCUT2D eigenvalue weighted by molar-refractivity contribution is 8.00. The summed E-state index contributed by atoms with van der Waals surface area (Å²) in [6, 6.07) is 7.44. The Kier molecular flexibility index (Phi) is 6.04. The summed E-state index contributed by atoms with van der Waals surface area (Å²) in [6.07, 6.45) is -3.14. The molecule has 0 bridgehead atoms. The summed E-state index contributed by atoms with van der Waals surface area (Å²) in [6.45, 7) is 0. The molecule has 3 heterocycles. The average Bonchev–Trinajstić information content (AvgIpc) is 3.34. The quantitative estimate of drug-likeness (QED) is 0.337. The zero-order valence-electron chi connectivity index (χ0n) is 17.7. The van der Waals surface area contributed by atoms with E-state index in [-0.39, 0.29) is 39.1 Å². The monoisotopic (exact) mass is 491 g/mol. The number of halogens is 3. The number of nitrogens with zero attached hydrogens (tertiary/aromatic N) is 4.